The second-order valence-electron chi connectivity index (χ2n) is 6.57. The number of hydrogen-bond donors (Lipinski definition) is 1. The molecule has 2 rings (SSSR count). The normalized spacial score (nSPS) is 26.9. The average Bonchev–Trinajstić information content (AvgIpc) is 2.99. The first-order valence-corrected chi connectivity index (χ1v) is 7.29. The first kappa shape index (κ1) is 13.6. The third-order valence-electron chi connectivity index (χ3n) is 4.43. The van der Waals surface area contributed by atoms with E-state index in [4.69, 9.17) is 0 Å². The van der Waals surface area contributed by atoms with Crippen molar-refractivity contribution in [1.29, 1.82) is 0 Å². The lowest BCUT2D eigenvalue weighted by atomic mass is 9.91. The van der Waals surface area contributed by atoms with Crippen LogP contribution in [0.1, 0.15) is 58.1 Å². The fourth-order valence-corrected chi connectivity index (χ4v) is 2.82. The number of nitrogens with one attached hydrogen (secondary N) is 1. The van der Waals surface area contributed by atoms with Crippen molar-refractivity contribution in [2.24, 2.45) is 5.92 Å². The molecule has 1 aliphatic carbocycles. The largest absolute Gasteiger partial charge is 0.314 e. The van der Waals surface area contributed by atoms with Crippen LogP contribution in [0, 0.1) is 5.92 Å². The van der Waals surface area contributed by atoms with Gasteiger partial charge in [0.1, 0.15) is 0 Å². The molecule has 0 aromatic heterocycles. The molecular weight excluding hydrogens is 218 g/mol. The maximum Gasteiger partial charge on any atom is 0.0107 e. The van der Waals surface area contributed by atoms with Crippen LogP contribution in [0.4, 0.5) is 0 Å². The lowest BCUT2D eigenvalue weighted by Gasteiger charge is -2.20. The number of benzene rings is 1. The van der Waals surface area contributed by atoms with Gasteiger partial charge >= 0.3 is 0 Å². The molecule has 2 unspecified atom stereocenters. The summed E-state index contributed by atoms with van der Waals surface area (Å²) in [7, 11) is 0. The molecule has 1 aromatic rings. The van der Waals surface area contributed by atoms with E-state index < -0.39 is 0 Å². The van der Waals surface area contributed by atoms with Gasteiger partial charge in [-0.25, -0.2) is 0 Å². The molecule has 1 fully saturated rings. The van der Waals surface area contributed by atoms with Gasteiger partial charge in [0.15, 0.2) is 0 Å². The molecule has 1 heteroatoms. The van der Waals surface area contributed by atoms with Crippen LogP contribution in [0.5, 0.6) is 0 Å². The van der Waals surface area contributed by atoms with Crippen LogP contribution in [-0.4, -0.2) is 12.6 Å². The summed E-state index contributed by atoms with van der Waals surface area (Å²) in [6.45, 7) is 12.5. The van der Waals surface area contributed by atoms with Crippen molar-refractivity contribution >= 4 is 0 Å². The summed E-state index contributed by atoms with van der Waals surface area (Å²) < 4.78 is 0. The Morgan fingerprint density at radius 3 is 2.11 bits per heavy atom. The minimum atomic E-state index is 0.403. The lowest BCUT2D eigenvalue weighted by molar-refractivity contribution is 0.499. The van der Waals surface area contributed by atoms with Gasteiger partial charge in [0.05, 0.1) is 0 Å². The highest BCUT2D eigenvalue weighted by atomic mass is 14.9. The monoisotopic (exact) mass is 245 g/mol. The number of hydrogen-bond acceptors (Lipinski definition) is 1. The summed E-state index contributed by atoms with van der Waals surface area (Å²) in [6, 6.07) is 9.89. The SMILES string of the molecule is CC(C)NCC1(c2ccc(C(C)C)cc2)CC1C. The van der Waals surface area contributed by atoms with Gasteiger partial charge in [-0.1, -0.05) is 58.9 Å². The van der Waals surface area contributed by atoms with Gasteiger partial charge in [-0.2, -0.15) is 0 Å². The summed E-state index contributed by atoms with van der Waals surface area (Å²) in [5, 5.41) is 3.61. The predicted molar refractivity (Wildman–Crippen MR) is 79.1 cm³/mol. The fourth-order valence-electron chi connectivity index (χ4n) is 2.82. The standard InChI is InChI=1S/C17H27N/c1-12(2)15-6-8-16(9-7-15)17(10-14(17)5)11-18-13(3)4/h6-9,12-14,18H,10-11H2,1-5H3. The zero-order valence-electron chi connectivity index (χ0n) is 12.5. The Labute approximate surface area is 112 Å². The van der Waals surface area contributed by atoms with Gasteiger partial charge in [0, 0.05) is 18.0 Å². The summed E-state index contributed by atoms with van der Waals surface area (Å²) in [5.74, 6) is 1.44. The minimum Gasteiger partial charge on any atom is -0.314 e. The summed E-state index contributed by atoms with van der Waals surface area (Å²) in [4.78, 5) is 0. The molecule has 0 radical (unpaired) electrons. The third kappa shape index (κ3) is 2.61. The van der Waals surface area contributed by atoms with Crippen molar-refractivity contribution in [3.63, 3.8) is 0 Å². The van der Waals surface area contributed by atoms with E-state index >= 15 is 0 Å². The summed E-state index contributed by atoms with van der Waals surface area (Å²) >= 11 is 0. The molecule has 0 spiro atoms. The van der Waals surface area contributed by atoms with Crippen LogP contribution in [0.25, 0.3) is 0 Å². The van der Waals surface area contributed by atoms with Gasteiger partial charge in [0.2, 0.25) is 0 Å². The van der Waals surface area contributed by atoms with Gasteiger partial charge in [-0.3, -0.25) is 0 Å². The Bertz CT molecular complexity index is 391. The van der Waals surface area contributed by atoms with Crippen LogP contribution in [0.15, 0.2) is 24.3 Å². The molecule has 0 aliphatic heterocycles. The number of rotatable bonds is 5. The van der Waals surface area contributed by atoms with Crippen LogP contribution in [-0.2, 0) is 5.41 Å². The molecule has 0 bridgehead atoms. The van der Waals surface area contributed by atoms with E-state index in [0.29, 0.717) is 17.4 Å². The minimum absolute atomic E-state index is 0.403. The summed E-state index contributed by atoms with van der Waals surface area (Å²) in [5.41, 5.74) is 3.37. The highest BCUT2D eigenvalue weighted by Crippen LogP contribution is 2.53. The highest BCUT2D eigenvalue weighted by Gasteiger charge is 2.51. The first-order valence-electron chi connectivity index (χ1n) is 7.29. The van der Waals surface area contributed by atoms with Crippen LogP contribution in [0.3, 0.4) is 0 Å². The molecule has 0 heterocycles. The zero-order valence-corrected chi connectivity index (χ0v) is 12.5. The van der Waals surface area contributed by atoms with Crippen molar-refractivity contribution in [1.82, 2.24) is 5.32 Å². The van der Waals surface area contributed by atoms with Crippen molar-refractivity contribution in [2.75, 3.05) is 6.54 Å². The fraction of sp³-hybridized carbons (Fsp3) is 0.647. The van der Waals surface area contributed by atoms with Crippen molar-refractivity contribution in [3.8, 4) is 0 Å². The predicted octanol–water partition coefficient (Wildman–Crippen LogP) is 4.09. The second-order valence-corrected chi connectivity index (χ2v) is 6.57. The summed E-state index contributed by atoms with van der Waals surface area (Å²) in [6.07, 6.45) is 1.33. The first-order chi connectivity index (χ1) is 8.45. The molecule has 0 amide bonds. The molecule has 100 valence electrons. The Morgan fingerprint density at radius 1 is 1.17 bits per heavy atom. The van der Waals surface area contributed by atoms with E-state index in [1.54, 1.807) is 0 Å². The Morgan fingerprint density at radius 2 is 1.72 bits per heavy atom. The maximum atomic E-state index is 3.61. The van der Waals surface area contributed by atoms with Gasteiger partial charge in [-0.15, -0.1) is 0 Å². The third-order valence-corrected chi connectivity index (χ3v) is 4.43. The van der Waals surface area contributed by atoms with Crippen LogP contribution in [0.2, 0.25) is 0 Å². The van der Waals surface area contributed by atoms with E-state index in [1.807, 2.05) is 0 Å². The molecule has 1 saturated carbocycles. The lowest BCUT2D eigenvalue weighted by Crippen LogP contribution is -2.33. The second kappa shape index (κ2) is 5.05. The molecular formula is C17H27N. The molecule has 1 N–H and O–H groups in total. The highest BCUT2D eigenvalue weighted by molar-refractivity contribution is 5.36. The van der Waals surface area contributed by atoms with Crippen molar-refractivity contribution in [3.05, 3.63) is 35.4 Å². The van der Waals surface area contributed by atoms with Crippen LogP contribution < -0.4 is 5.32 Å². The Hall–Kier alpha value is -0.820. The van der Waals surface area contributed by atoms with Gasteiger partial charge in [0.25, 0.3) is 0 Å². The molecule has 0 saturated heterocycles. The smallest absolute Gasteiger partial charge is 0.0107 e. The zero-order chi connectivity index (χ0) is 13.3. The van der Waals surface area contributed by atoms with E-state index in [9.17, 15) is 0 Å². The average molecular weight is 245 g/mol. The quantitative estimate of drug-likeness (QED) is 0.824. The van der Waals surface area contributed by atoms with E-state index in [0.717, 1.165) is 12.5 Å². The molecule has 1 aromatic carbocycles. The van der Waals surface area contributed by atoms with E-state index in [-0.39, 0.29) is 0 Å². The van der Waals surface area contributed by atoms with Gasteiger partial charge < -0.3 is 5.32 Å². The Balaban J connectivity index is 2.13. The molecule has 1 nitrogen and oxygen atoms in total. The molecule has 18 heavy (non-hydrogen) atoms. The van der Waals surface area contributed by atoms with Crippen LogP contribution >= 0.6 is 0 Å². The maximum absolute atomic E-state index is 3.61. The molecule has 2 atom stereocenters. The van der Waals surface area contributed by atoms with Crippen molar-refractivity contribution in [2.45, 2.75) is 58.4 Å². The van der Waals surface area contributed by atoms with Gasteiger partial charge in [-0.05, 0) is 29.4 Å². The molecule has 1 aliphatic rings. The topological polar surface area (TPSA) is 12.0 Å². The van der Waals surface area contributed by atoms with E-state index in [2.05, 4.69) is 64.2 Å². The Kier molecular flexibility index (Phi) is 3.82. The van der Waals surface area contributed by atoms with Crippen molar-refractivity contribution < 1.29 is 0 Å². The van der Waals surface area contributed by atoms with E-state index in [1.165, 1.54) is 17.5 Å².